The predicted octanol–water partition coefficient (Wildman–Crippen LogP) is -4.44. The molecule has 10 nitrogen and oxygen atoms in total. The van der Waals surface area contributed by atoms with E-state index in [0.29, 0.717) is 0 Å². The van der Waals surface area contributed by atoms with Crippen molar-refractivity contribution in [2.24, 2.45) is 22.6 Å². The number of nitrogens with zero attached hydrogens (tertiary/aromatic N) is 1. The summed E-state index contributed by atoms with van der Waals surface area (Å²) in [5.41, 5.74) is 1.75. The highest BCUT2D eigenvalue weighted by Gasteiger charge is 2.70. The summed E-state index contributed by atoms with van der Waals surface area (Å²) in [6, 6.07) is 0. The fourth-order valence-electron chi connectivity index (χ4n) is 3.58. The number of fused-ring (bicyclic) bond motifs is 1. The first kappa shape index (κ1) is 14.5. The zero-order chi connectivity index (χ0) is 15.6. The van der Waals surface area contributed by atoms with Crippen molar-refractivity contribution in [3.8, 4) is 0 Å². The van der Waals surface area contributed by atoms with Gasteiger partial charge in [-0.25, -0.2) is 9.79 Å². The Kier molecular flexibility index (Phi) is 2.94. The van der Waals surface area contributed by atoms with Gasteiger partial charge in [0.2, 0.25) is 5.72 Å². The molecule has 10 heteroatoms. The number of nitrogens with one attached hydrogen (secondary N) is 1. The Labute approximate surface area is 118 Å². The van der Waals surface area contributed by atoms with E-state index in [9.17, 15) is 30.3 Å². The lowest BCUT2D eigenvalue weighted by molar-refractivity contribution is -0.305. The summed E-state index contributed by atoms with van der Waals surface area (Å²) < 4.78 is 5.09. The van der Waals surface area contributed by atoms with E-state index in [4.69, 9.17) is 10.5 Å². The van der Waals surface area contributed by atoms with E-state index >= 15 is 0 Å². The standard InChI is InChI=1S/C11H17N3O7/c12-9-13-7(18)3-1-10(20,2-15)4-5(16)8(19)21-11(3,14-9)6(4)17/h3-7,15-18,20H,1-2H2,(H3,12,13,14)/t3?,4?,5-,6?,7?,10?,11?/m1/s1. The number of hydrogen-bond donors (Lipinski definition) is 7. The summed E-state index contributed by atoms with van der Waals surface area (Å²) in [4.78, 5) is 15.5. The molecule has 3 aliphatic rings. The maximum Gasteiger partial charge on any atom is 0.337 e. The Bertz CT molecular complexity index is 514. The van der Waals surface area contributed by atoms with Crippen molar-refractivity contribution >= 4 is 11.9 Å². The number of carbonyl (C=O) groups is 1. The van der Waals surface area contributed by atoms with Crippen LogP contribution >= 0.6 is 0 Å². The molecule has 0 radical (unpaired) electrons. The van der Waals surface area contributed by atoms with Crippen LogP contribution in [0.4, 0.5) is 0 Å². The lowest BCUT2D eigenvalue weighted by Gasteiger charge is -2.60. The zero-order valence-corrected chi connectivity index (χ0v) is 10.9. The maximum absolute atomic E-state index is 11.8. The van der Waals surface area contributed by atoms with Gasteiger partial charge in [-0.2, -0.15) is 0 Å². The highest BCUT2D eigenvalue weighted by Crippen LogP contribution is 2.50. The highest BCUT2D eigenvalue weighted by molar-refractivity contribution is 5.82. The summed E-state index contributed by atoms with van der Waals surface area (Å²) in [5, 5.41) is 52.8. The number of esters is 1. The predicted molar refractivity (Wildman–Crippen MR) is 65.2 cm³/mol. The second-order valence-corrected chi connectivity index (χ2v) is 5.75. The lowest BCUT2D eigenvalue weighted by Crippen LogP contribution is -2.81. The molecular formula is C11H17N3O7. The molecule has 2 fully saturated rings. The molecule has 1 aliphatic carbocycles. The molecule has 3 rings (SSSR count). The highest BCUT2D eigenvalue weighted by atomic mass is 16.6. The molecule has 21 heavy (non-hydrogen) atoms. The first-order valence-corrected chi connectivity index (χ1v) is 6.47. The number of rotatable bonds is 1. The molecule has 0 amide bonds. The Balaban J connectivity index is 2.14. The van der Waals surface area contributed by atoms with Crippen LogP contribution in [0.3, 0.4) is 0 Å². The van der Waals surface area contributed by atoms with Crippen LogP contribution in [0, 0.1) is 11.8 Å². The van der Waals surface area contributed by atoms with E-state index in [1.54, 1.807) is 0 Å². The second-order valence-electron chi connectivity index (χ2n) is 5.75. The van der Waals surface area contributed by atoms with Crippen molar-refractivity contribution in [1.82, 2.24) is 5.32 Å². The third-order valence-corrected chi connectivity index (χ3v) is 4.60. The number of carbonyl (C=O) groups excluding carboxylic acids is 1. The van der Waals surface area contributed by atoms with Crippen molar-refractivity contribution in [3.63, 3.8) is 0 Å². The SMILES string of the molecule is NC1=NC(O)C2CC(O)(CO)C3C(O)C2(N1)OC(=O)[C@@H]3O. The second kappa shape index (κ2) is 4.27. The molecular weight excluding hydrogens is 286 g/mol. The van der Waals surface area contributed by atoms with Crippen molar-refractivity contribution in [2.75, 3.05) is 6.61 Å². The number of aliphatic imine (C=N–C) groups is 1. The molecule has 2 aliphatic heterocycles. The van der Waals surface area contributed by atoms with Crippen LogP contribution in [0.15, 0.2) is 4.99 Å². The van der Waals surface area contributed by atoms with Gasteiger partial charge in [0, 0.05) is 0 Å². The van der Waals surface area contributed by atoms with Crippen LogP contribution < -0.4 is 11.1 Å². The fourth-order valence-corrected chi connectivity index (χ4v) is 3.58. The maximum atomic E-state index is 11.8. The van der Waals surface area contributed by atoms with E-state index in [1.807, 2.05) is 0 Å². The third kappa shape index (κ3) is 1.71. The van der Waals surface area contributed by atoms with Crippen molar-refractivity contribution in [1.29, 1.82) is 0 Å². The van der Waals surface area contributed by atoms with Gasteiger partial charge in [-0.3, -0.25) is 0 Å². The molecule has 6 unspecified atom stereocenters. The van der Waals surface area contributed by atoms with E-state index < -0.39 is 54.2 Å². The van der Waals surface area contributed by atoms with Crippen molar-refractivity contribution in [2.45, 2.75) is 36.2 Å². The average molecular weight is 303 g/mol. The molecule has 8 N–H and O–H groups in total. The number of hydrogen-bond acceptors (Lipinski definition) is 10. The van der Waals surface area contributed by atoms with Gasteiger partial charge in [-0.15, -0.1) is 0 Å². The van der Waals surface area contributed by atoms with Gasteiger partial charge in [0.05, 0.1) is 24.0 Å². The molecule has 7 atom stereocenters. The first-order valence-electron chi connectivity index (χ1n) is 6.47. The van der Waals surface area contributed by atoms with Gasteiger partial charge in [-0.1, -0.05) is 0 Å². The van der Waals surface area contributed by atoms with Crippen molar-refractivity contribution in [3.05, 3.63) is 0 Å². The van der Waals surface area contributed by atoms with Gasteiger partial charge < -0.3 is 41.3 Å². The molecule has 0 aromatic carbocycles. The van der Waals surface area contributed by atoms with E-state index in [-0.39, 0.29) is 12.4 Å². The topological polar surface area (TPSA) is 178 Å². The molecule has 2 heterocycles. The Morgan fingerprint density at radius 3 is 2.71 bits per heavy atom. The number of nitrogens with two attached hydrogens (primary N) is 1. The summed E-state index contributed by atoms with van der Waals surface area (Å²) in [6.07, 6.45) is -5.09. The van der Waals surface area contributed by atoms with Gasteiger partial charge >= 0.3 is 5.97 Å². The smallest absolute Gasteiger partial charge is 0.337 e. The molecule has 0 aromatic heterocycles. The number of aliphatic hydroxyl groups is 5. The molecule has 1 spiro atoms. The number of aliphatic hydroxyl groups excluding tert-OH is 4. The van der Waals surface area contributed by atoms with Crippen LogP contribution in [0.2, 0.25) is 0 Å². The van der Waals surface area contributed by atoms with Crippen LogP contribution in [0.5, 0.6) is 0 Å². The average Bonchev–Trinajstić information content (AvgIpc) is 2.40. The van der Waals surface area contributed by atoms with E-state index in [0.717, 1.165) is 0 Å². The van der Waals surface area contributed by atoms with E-state index in [2.05, 4.69) is 10.3 Å². The summed E-state index contributed by atoms with van der Waals surface area (Å²) >= 11 is 0. The normalized spacial score (nSPS) is 52.3. The Hall–Kier alpha value is -1.46. The fraction of sp³-hybridized carbons (Fsp3) is 0.818. The molecule has 2 bridgehead atoms. The van der Waals surface area contributed by atoms with Gasteiger partial charge in [-0.05, 0) is 6.42 Å². The van der Waals surface area contributed by atoms with Crippen molar-refractivity contribution < 1.29 is 35.1 Å². The molecule has 1 saturated heterocycles. The molecule has 118 valence electrons. The lowest BCUT2D eigenvalue weighted by atomic mass is 9.60. The van der Waals surface area contributed by atoms with Crippen LogP contribution in [0.1, 0.15) is 6.42 Å². The van der Waals surface area contributed by atoms with Crippen LogP contribution in [0.25, 0.3) is 0 Å². The Morgan fingerprint density at radius 1 is 1.43 bits per heavy atom. The van der Waals surface area contributed by atoms with Crippen LogP contribution in [-0.2, 0) is 9.53 Å². The number of ether oxygens (including phenoxy) is 1. The third-order valence-electron chi connectivity index (χ3n) is 4.60. The quantitative estimate of drug-likeness (QED) is 0.235. The molecule has 1 saturated carbocycles. The van der Waals surface area contributed by atoms with Gasteiger partial charge in [0.15, 0.2) is 18.3 Å². The summed E-state index contributed by atoms with van der Waals surface area (Å²) in [7, 11) is 0. The Morgan fingerprint density at radius 2 is 2.10 bits per heavy atom. The summed E-state index contributed by atoms with van der Waals surface area (Å²) in [6.45, 7) is -0.808. The largest absolute Gasteiger partial charge is 0.434 e. The van der Waals surface area contributed by atoms with Gasteiger partial charge in [0.25, 0.3) is 0 Å². The minimum absolute atomic E-state index is 0.241. The van der Waals surface area contributed by atoms with E-state index in [1.165, 1.54) is 0 Å². The monoisotopic (exact) mass is 303 g/mol. The van der Waals surface area contributed by atoms with Gasteiger partial charge in [0.1, 0.15) is 6.10 Å². The molecule has 0 aromatic rings. The van der Waals surface area contributed by atoms with Crippen LogP contribution in [-0.4, -0.2) is 73.8 Å². The zero-order valence-electron chi connectivity index (χ0n) is 10.9. The summed E-state index contributed by atoms with van der Waals surface area (Å²) in [5.74, 6) is -3.75. The number of guanidine groups is 1. The first-order chi connectivity index (χ1) is 9.75. The minimum atomic E-state index is -1.96. The minimum Gasteiger partial charge on any atom is -0.434 e.